The van der Waals surface area contributed by atoms with Crippen LogP contribution in [0.25, 0.3) is 0 Å². The molecule has 14 heavy (non-hydrogen) atoms. The van der Waals surface area contributed by atoms with E-state index in [4.69, 9.17) is 4.74 Å². The van der Waals surface area contributed by atoms with E-state index in [1.54, 1.807) is 7.11 Å². The van der Waals surface area contributed by atoms with Crippen molar-refractivity contribution in [2.75, 3.05) is 7.11 Å². The lowest BCUT2D eigenvalue weighted by Crippen LogP contribution is -2.17. The Morgan fingerprint density at radius 3 is 2.43 bits per heavy atom. The van der Waals surface area contributed by atoms with Gasteiger partial charge in [0.05, 0.1) is 11.5 Å². The van der Waals surface area contributed by atoms with Crippen LogP contribution in [0.5, 0.6) is 0 Å². The van der Waals surface area contributed by atoms with Crippen LogP contribution in [-0.2, 0) is 9.53 Å². The fourth-order valence-electron chi connectivity index (χ4n) is 1.92. The summed E-state index contributed by atoms with van der Waals surface area (Å²) < 4.78 is 5.42. The maximum absolute atomic E-state index is 11.0. The standard InChI is InChI=1S/C12H14O2/c1-14-11(12(9-13)7-8-12)10-5-3-2-4-6-10/h2-6,9,11H,7-8H2,1H3. The van der Waals surface area contributed by atoms with Gasteiger partial charge in [0.2, 0.25) is 0 Å². The van der Waals surface area contributed by atoms with Crippen LogP contribution in [0.2, 0.25) is 0 Å². The largest absolute Gasteiger partial charge is 0.376 e. The topological polar surface area (TPSA) is 26.3 Å². The van der Waals surface area contributed by atoms with Gasteiger partial charge in [0.15, 0.2) is 0 Å². The Morgan fingerprint density at radius 1 is 1.36 bits per heavy atom. The molecule has 0 spiro atoms. The fourth-order valence-corrected chi connectivity index (χ4v) is 1.92. The van der Waals surface area contributed by atoms with Crippen molar-refractivity contribution < 1.29 is 9.53 Å². The second-order valence-electron chi connectivity index (χ2n) is 3.88. The summed E-state index contributed by atoms with van der Waals surface area (Å²) in [5.74, 6) is 0. The van der Waals surface area contributed by atoms with Crippen molar-refractivity contribution in [2.24, 2.45) is 5.41 Å². The first-order valence-electron chi connectivity index (χ1n) is 4.86. The van der Waals surface area contributed by atoms with Gasteiger partial charge in [-0.1, -0.05) is 30.3 Å². The Hall–Kier alpha value is -1.15. The lowest BCUT2D eigenvalue weighted by atomic mass is 9.94. The third-order valence-corrected chi connectivity index (χ3v) is 2.92. The van der Waals surface area contributed by atoms with E-state index >= 15 is 0 Å². The van der Waals surface area contributed by atoms with E-state index in [1.807, 2.05) is 30.3 Å². The molecule has 0 saturated heterocycles. The summed E-state index contributed by atoms with van der Waals surface area (Å²) in [7, 11) is 1.67. The number of benzene rings is 1. The first-order valence-corrected chi connectivity index (χ1v) is 4.86. The van der Waals surface area contributed by atoms with Crippen molar-refractivity contribution in [2.45, 2.75) is 18.9 Å². The molecule has 2 nitrogen and oxygen atoms in total. The molecular formula is C12H14O2. The number of aldehydes is 1. The van der Waals surface area contributed by atoms with Gasteiger partial charge in [-0.2, -0.15) is 0 Å². The molecular weight excluding hydrogens is 176 g/mol. The average molecular weight is 190 g/mol. The highest BCUT2D eigenvalue weighted by molar-refractivity contribution is 5.65. The summed E-state index contributed by atoms with van der Waals surface area (Å²) in [6.45, 7) is 0. The van der Waals surface area contributed by atoms with Crippen LogP contribution in [0.15, 0.2) is 30.3 Å². The van der Waals surface area contributed by atoms with E-state index in [0.29, 0.717) is 0 Å². The van der Waals surface area contributed by atoms with E-state index in [1.165, 1.54) is 0 Å². The molecule has 1 saturated carbocycles. The number of carbonyl (C=O) groups excluding carboxylic acids is 1. The van der Waals surface area contributed by atoms with Gasteiger partial charge in [-0.3, -0.25) is 0 Å². The maximum Gasteiger partial charge on any atom is 0.129 e. The van der Waals surface area contributed by atoms with Gasteiger partial charge in [-0.05, 0) is 18.4 Å². The van der Waals surface area contributed by atoms with Gasteiger partial charge in [-0.25, -0.2) is 0 Å². The van der Waals surface area contributed by atoms with Gasteiger partial charge in [0.25, 0.3) is 0 Å². The second-order valence-corrected chi connectivity index (χ2v) is 3.88. The van der Waals surface area contributed by atoms with Gasteiger partial charge in [-0.15, -0.1) is 0 Å². The minimum Gasteiger partial charge on any atom is -0.376 e. The van der Waals surface area contributed by atoms with Crippen molar-refractivity contribution in [3.8, 4) is 0 Å². The van der Waals surface area contributed by atoms with Gasteiger partial charge in [0, 0.05) is 7.11 Å². The minimum absolute atomic E-state index is 0.0683. The Bertz CT molecular complexity index is 314. The normalized spacial score (nSPS) is 20.1. The summed E-state index contributed by atoms with van der Waals surface area (Å²) in [5, 5.41) is 0. The SMILES string of the molecule is COC(c1ccccc1)C1(C=O)CC1. The molecule has 1 fully saturated rings. The lowest BCUT2D eigenvalue weighted by Gasteiger charge is -2.21. The number of rotatable bonds is 4. The molecule has 1 aliphatic rings. The molecule has 0 aliphatic heterocycles. The average Bonchev–Trinajstić information content (AvgIpc) is 3.02. The predicted octanol–water partition coefficient (Wildman–Crippen LogP) is 2.35. The van der Waals surface area contributed by atoms with E-state index in [-0.39, 0.29) is 11.5 Å². The zero-order valence-corrected chi connectivity index (χ0v) is 8.27. The lowest BCUT2D eigenvalue weighted by molar-refractivity contribution is -0.117. The van der Waals surface area contributed by atoms with E-state index in [2.05, 4.69) is 0 Å². The van der Waals surface area contributed by atoms with Crippen LogP contribution in [0.1, 0.15) is 24.5 Å². The molecule has 0 heterocycles. The molecule has 0 N–H and O–H groups in total. The quantitative estimate of drug-likeness (QED) is 0.681. The van der Waals surface area contributed by atoms with E-state index in [0.717, 1.165) is 24.7 Å². The summed E-state index contributed by atoms with van der Waals surface area (Å²) in [5.41, 5.74) is 0.857. The van der Waals surface area contributed by atoms with Gasteiger partial charge >= 0.3 is 0 Å². The van der Waals surface area contributed by atoms with Crippen LogP contribution in [0.4, 0.5) is 0 Å². The first-order chi connectivity index (χ1) is 6.82. The number of hydrogen-bond donors (Lipinski definition) is 0. The molecule has 0 bridgehead atoms. The van der Waals surface area contributed by atoms with Crippen molar-refractivity contribution >= 4 is 6.29 Å². The molecule has 2 heteroatoms. The molecule has 1 atom stereocenters. The Kier molecular flexibility index (Phi) is 2.38. The van der Waals surface area contributed by atoms with E-state index < -0.39 is 0 Å². The Balaban J connectivity index is 2.27. The van der Waals surface area contributed by atoms with Crippen molar-refractivity contribution in [3.05, 3.63) is 35.9 Å². The predicted molar refractivity (Wildman–Crippen MR) is 53.9 cm³/mol. The monoisotopic (exact) mass is 190 g/mol. The van der Waals surface area contributed by atoms with Gasteiger partial charge in [0.1, 0.15) is 6.29 Å². The molecule has 0 aromatic heterocycles. The number of ether oxygens (including phenoxy) is 1. The fraction of sp³-hybridized carbons (Fsp3) is 0.417. The minimum atomic E-state index is -0.240. The summed E-state index contributed by atoms with van der Waals surface area (Å²) in [6, 6.07) is 9.94. The van der Waals surface area contributed by atoms with Crippen LogP contribution in [0, 0.1) is 5.41 Å². The number of carbonyl (C=O) groups is 1. The van der Waals surface area contributed by atoms with Crippen LogP contribution in [0.3, 0.4) is 0 Å². The van der Waals surface area contributed by atoms with E-state index in [9.17, 15) is 4.79 Å². The van der Waals surface area contributed by atoms with Crippen LogP contribution >= 0.6 is 0 Å². The smallest absolute Gasteiger partial charge is 0.129 e. The Morgan fingerprint density at radius 2 is 2.00 bits per heavy atom. The highest BCUT2D eigenvalue weighted by Gasteiger charge is 2.50. The summed E-state index contributed by atoms with van der Waals surface area (Å²) >= 11 is 0. The molecule has 2 rings (SSSR count). The summed E-state index contributed by atoms with van der Waals surface area (Å²) in [6.07, 6.45) is 2.88. The van der Waals surface area contributed by atoms with Crippen molar-refractivity contribution in [1.29, 1.82) is 0 Å². The summed E-state index contributed by atoms with van der Waals surface area (Å²) in [4.78, 5) is 11.0. The van der Waals surface area contributed by atoms with Crippen molar-refractivity contribution in [3.63, 3.8) is 0 Å². The third-order valence-electron chi connectivity index (χ3n) is 2.92. The molecule has 1 aromatic carbocycles. The molecule has 0 radical (unpaired) electrons. The zero-order valence-electron chi connectivity index (χ0n) is 8.27. The first kappa shape index (κ1) is 9.41. The van der Waals surface area contributed by atoms with Crippen LogP contribution < -0.4 is 0 Å². The van der Waals surface area contributed by atoms with Crippen LogP contribution in [-0.4, -0.2) is 13.4 Å². The molecule has 1 aliphatic carbocycles. The zero-order chi connectivity index (χ0) is 10.0. The maximum atomic E-state index is 11.0. The molecule has 1 unspecified atom stereocenters. The molecule has 1 aromatic rings. The highest BCUT2D eigenvalue weighted by Crippen LogP contribution is 2.54. The molecule has 74 valence electrons. The second kappa shape index (κ2) is 3.54. The molecule has 0 amide bonds. The number of methoxy groups -OCH3 is 1. The highest BCUT2D eigenvalue weighted by atomic mass is 16.5. The third kappa shape index (κ3) is 1.46. The van der Waals surface area contributed by atoms with Crippen molar-refractivity contribution in [1.82, 2.24) is 0 Å². The van der Waals surface area contributed by atoms with Gasteiger partial charge < -0.3 is 9.53 Å². The Labute approximate surface area is 83.9 Å². The number of hydrogen-bond acceptors (Lipinski definition) is 2.